The molecule has 0 aliphatic heterocycles. The summed E-state index contributed by atoms with van der Waals surface area (Å²) >= 11 is 0. The number of aromatic hydroxyl groups is 2. The van der Waals surface area contributed by atoms with Crippen molar-refractivity contribution in [1.82, 2.24) is 0 Å². The molecule has 0 amide bonds. The summed E-state index contributed by atoms with van der Waals surface area (Å²) in [6.45, 7) is 6.12. The van der Waals surface area contributed by atoms with Crippen LogP contribution in [0.5, 0.6) is 11.5 Å². The summed E-state index contributed by atoms with van der Waals surface area (Å²) < 4.78 is 0. The largest absolute Gasteiger partial charge is 0.504 e. The van der Waals surface area contributed by atoms with Crippen LogP contribution in [0.25, 0.3) is 0 Å². The van der Waals surface area contributed by atoms with Gasteiger partial charge in [0, 0.05) is 0 Å². The van der Waals surface area contributed by atoms with Crippen LogP contribution in [0.1, 0.15) is 43.4 Å². The molecule has 2 N–H and O–H groups in total. The zero-order valence-corrected chi connectivity index (χ0v) is 9.80. The van der Waals surface area contributed by atoms with Gasteiger partial charge in [0.2, 0.25) is 0 Å². The smallest absolute Gasteiger partial charge is 0.160 e. The quantitative estimate of drug-likeness (QED) is 0.745. The average molecular weight is 208 g/mol. The highest BCUT2D eigenvalue weighted by molar-refractivity contribution is 5.52. The van der Waals surface area contributed by atoms with Crippen molar-refractivity contribution < 1.29 is 10.2 Å². The fourth-order valence-corrected chi connectivity index (χ4v) is 1.99. The first-order chi connectivity index (χ1) is 7.11. The van der Waals surface area contributed by atoms with E-state index in [1.54, 1.807) is 6.07 Å². The maximum absolute atomic E-state index is 9.66. The maximum Gasteiger partial charge on any atom is 0.160 e. The Balaban J connectivity index is 3.23. The first-order valence-electron chi connectivity index (χ1n) is 5.65. The third kappa shape index (κ3) is 2.44. The Morgan fingerprint density at radius 1 is 1.07 bits per heavy atom. The van der Waals surface area contributed by atoms with E-state index in [9.17, 15) is 10.2 Å². The minimum Gasteiger partial charge on any atom is -0.504 e. The molecule has 2 nitrogen and oxygen atoms in total. The molecule has 1 aromatic rings. The lowest BCUT2D eigenvalue weighted by Gasteiger charge is -2.14. The van der Waals surface area contributed by atoms with Crippen LogP contribution in [-0.4, -0.2) is 10.2 Å². The predicted octanol–water partition coefficient (Wildman–Crippen LogP) is 3.31. The molecule has 0 saturated carbocycles. The molecular weight excluding hydrogens is 188 g/mol. The Bertz CT molecular complexity index is 343. The van der Waals surface area contributed by atoms with Gasteiger partial charge in [-0.15, -0.1) is 0 Å². The molecule has 0 radical (unpaired) electrons. The van der Waals surface area contributed by atoms with Crippen LogP contribution in [0.15, 0.2) is 6.07 Å². The van der Waals surface area contributed by atoms with Crippen molar-refractivity contribution in [3.05, 3.63) is 22.8 Å². The highest BCUT2D eigenvalue weighted by atomic mass is 16.3. The number of phenolic OH excluding ortho intramolecular Hbond substituents is 2. The van der Waals surface area contributed by atoms with Gasteiger partial charge in [-0.2, -0.15) is 0 Å². The third-order valence-electron chi connectivity index (χ3n) is 2.77. The van der Waals surface area contributed by atoms with Crippen LogP contribution in [0.2, 0.25) is 0 Å². The monoisotopic (exact) mass is 208 g/mol. The number of benzene rings is 1. The Morgan fingerprint density at radius 3 is 2.20 bits per heavy atom. The van der Waals surface area contributed by atoms with Crippen molar-refractivity contribution >= 4 is 0 Å². The number of rotatable bonds is 4. The van der Waals surface area contributed by atoms with Gasteiger partial charge in [-0.3, -0.25) is 0 Å². The van der Waals surface area contributed by atoms with Crippen LogP contribution in [0.4, 0.5) is 0 Å². The first-order valence-corrected chi connectivity index (χ1v) is 5.65. The predicted molar refractivity (Wildman–Crippen MR) is 62.5 cm³/mol. The van der Waals surface area contributed by atoms with Crippen LogP contribution in [0, 0.1) is 6.92 Å². The highest BCUT2D eigenvalue weighted by Gasteiger charge is 2.12. The molecule has 84 valence electrons. The molecule has 0 unspecified atom stereocenters. The molecule has 0 atom stereocenters. The van der Waals surface area contributed by atoms with Crippen LogP contribution < -0.4 is 0 Å². The van der Waals surface area contributed by atoms with E-state index in [0.717, 1.165) is 31.2 Å². The molecule has 0 fully saturated rings. The standard InChI is InChI=1S/C13H20O2/c1-4-6-10-8-12(14)13(15)9(3)11(10)7-5-2/h8,14-15H,4-7H2,1-3H3. The Hall–Kier alpha value is -1.18. The van der Waals surface area contributed by atoms with Crippen LogP contribution in [-0.2, 0) is 12.8 Å². The molecule has 0 saturated heterocycles. The Morgan fingerprint density at radius 2 is 1.67 bits per heavy atom. The second kappa shape index (κ2) is 5.06. The van der Waals surface area contributed by atoms with Gasteiger partial charge in [-0.05, 0) is 42.5 Å². The lowest BCUT2D eigenvalue weighted by Crippen LogP contribution is -1.98. The molecule has 2 heteroatoms. The highest BCUT2D eigenvalue weighted by Crippen LogP contribution is 2.34. The lowest BCUT2D eigenvalue weighted by molar-refractivity contribution is 0.399. The fourth-order valence-electron chi connectivity index (χ4n) is 1.99. The Kier molecular flexibility index (Phi) is 4.01. The van der Waals surface area contributed by atoms with Crippen molar-refractivity contribution in [3.63, 3.8) is 0 Å². The lowest BCUT2D eigenvalue weighted by atomic mass is 9.94. The molecule has 0 aliphatic carbocycles. The van der Waals surface area contributed by atoms with Crippen molar-refractivity contribution in [3.8, 4) is 11.5 Å². The van der Waals surface area contributed by atoms with E-state index in [2.05, 4.69) is 13.8 Å². The minimum absolute atomic E-state index is 0.0100. The molecule has 0 aromatic heterocycles. The summed E-state index contributed by atoms with van der Waals surface area (Å²) in [4.78, 5) is 0. The minimum atomic E-state index is 0.0100. The van der Waals surface area contributed by atoms with Gasteiger partial charge >= 0.3 is 0 Å². The summed E-state index contributed by atoms with van der Waals surface area (Å²) in [5.74, 6) is 0.0501. The van der Waals surface area contributed by atoms with Gasteiger partial charge in [0.15, 0.2) is 11.5 Å². The van der Waals surface area contributed by atoms with Crippen molar-refractivity contribution in [2.75, 3.05) is 0 Å². The summed E-state index contributed by atoms with van der Waals surface area (Å²) in [6.07, 6.45) is 4.04. The zero-order chi connectivity index (χ0) is 11.4. The number of phenols is 2. The van der Waals surface area contributed by atoms with Crippen molar-refractivity contribution in [1.29, 1.82) is 0 Å². The van der Waals surface area contributed by atoms with Crippen LogP contribution in [0.3, 0.4) is 0 Å². The van der Waals surface area contributed by atoms with E-state index in [0.29, 0.717) is 0 Å². The SMILES string of the molecule is CCCc1cc(O)c(O)c(C)c1CCC. The molecule has 0 bridgehead atoms. The summed E-state index contributed by atoms with van der Waals surface area (Å²) in [6, 6.07) is 1.71. The Labute approximate surface area is 91.6 Å². The van der Waals surface area contributed by atoms with E-state index in [1.807, 2.05) is 6.92 Å². The van der Waals surface area contributed by atoms with E-state index in [4.69, 9.17) is 0 Å². The normalized spacial score (nSPS) is 10.6. The van der Waals surface area contributed by atoms with Crippen LogP contribution >= 0.6 is 0 Å². The second-order valence-electron chi connectivity index (χ2n) is 4.01. The van der Waals surface area contributed by atoms with E-state index < -0.39 is 0 Å². The molecular formula is C13H20O2. The molecule has 15 heavy (non-hydrogen) atoms. The molecule has 1 aromatic carbocycles. The topological polar surface area (TPSA) is 40.5 Å². The molecule has 1 rings (SSSR count). The number of hydrogen-bond donors (Lipinski definition) is 2. The third-order valence-corrected chi connectivity index (χ3v) is 2.77. The van der Waals surface area contributed by atoms with Gasteiger partial charge in [0.25, 0.3) is 0 Å². The fraction of sp³-hybridized carbons (Fsp3) is 0.538. The molecule has 0 spiro atoms. The first kappa shape index (κ1) is 11.9. The van der Waals surface area contributed by atoms with Gasteiger partial charge in [-0.25, -0.2) is 0 Å². The van der Waals surface area contributed by atoms with E-state index in [-0.39, 0.29) is 11.5 Å². The van der Waals surface area contributed by atoms with Gasteiger partial charge in [-0.1, -0.05) is 26.7 Å². The summed E-state index contributed by atoms with van der Waals surface area (Å²) in [5, 5.41) is 19.2. The van der Waals surface area contributed by atoms with Gasteiger partial charge < -0.3 is 10.2 Å². The van der Waals surface area contributed by atoms with Crippen molar-refractivity contribution in [2.45, 2.75) is 46.5 Å². The number of aryl methyl sites for hydroxylation is 1. The second-order valence-corrected chi connectivity index (χ2v) is 4.01. The molecule has 0 aliphatic rings. The number of hydrogen-bond acceptors (Lipinski definition) is 2. The van der Waals surface area contributed by atoms with Crippen molar-refractivity contribution in [2.24, 2.45) is 0 Å². The van der Waals surface area contributed by atoms with E-state index in [1.165, 1.54) is 11.1 Å². The summed E-state index contributed by atoms with van der Waals surface area (Å²) in [5.41, 5.74) is 3.21. The average Bonchev–Trinajstić information content (AvgIpc) is 2.21. The summed E-state index contributed by atoms with van der Waals surface area (Å²) in [7, 11) is 0. The zero-order valence-electron chi connectivity index (χ0n) is 9.80. The van der Waals surface area contributed by atoms with E-state index >= 15 is 0 Å². The van der Waals surface area contributed by atoms with Gasteiger partial charge in [0.1, 0.15) is 0 Å². The maximum atomic E-state index is 9.66. The van der Waals surface area contributed by atoms with Gasteiger partial charge in [0.05, 0.1) is 0 Å². The molecule has 0 heterocycles.